The van der Waals surface area contributed by atoms with Crippen molar-refractivity contribution in [2.75, 3.05) is 38.2 Å². The van der Waals surface area contributed by atoms with Gasteiger partial charge in [-0.05, 0) is 24.3 Å². The van der Waals surface area contributed by atoms with Crippen LogP contribution in [0.3, 0.4) is 0 Å². The quantitative estimate of drug-likeness (QED) is 0.695. The molecular formula is C17H19N5O2S. The Morgan fingerprint density at radius 1 is 1.12 bits per heavy atom. The minimum absolute atomic E-state index is 0.541. The molecule has 3 aromatic rings. The zero-order valence-electron chi connectivity index (χ0n) is 14.0. The number of anilines is 1. The fraction of sp³-hybridized carbons (Fsp3) is 0.353. The third-order valence-electron chi connectivity index (χ3n) is 4.22. The fourth-order valence-electron chi connectivity index (χ4n) is 2.83. The first-order valence-corrected chi connectivity index (χ1v) is 9.03. The van der Waals surface area contributed by atoms with Crippen LogP contribution in [0.4, 0.5) is 5.13 Å². The molecule has 1 aromatic carbocycles. The first-order chi connectivity index (χ1) is 12.3. The molecule has 3 heterocycles. The van der Waals surface area contributed by atoms with Gasteiger partial charge in [-0.25, -0.2) is 4.98 Å². The number of rotatable bonds is 5. The van der Waals surface area contributed by atoms with E-state index >= 15 is 0 Å². The van der Waals surface area contributed by atoms with Crippen molar-refractivity contribution in [3.8, 4) is 17.2 Å². The lowest BCUT2D eigenvalue weighted by Crippen LogP contribution is -2.46. The molecule has 0 aliphatic carbocycles. The highest BCUT2D eigenvalue weighted by molar-refractivity contribution is 7.13. The molecule has 0 unspecified atom stereocenters. The number of methoxy groups -OCH3 is 1. The first kappa shape index (κ1) is 16.0. The van der Waals surface area contributed by atoms with Crippen molar-refractivity contribution in [3.63, 3.8) is 0 Å². The molecule has 1 fully saturated rings. The summed E-state index contributed by atoms with van der Waals surface area (Å²) in [6.45, 7) is 4.52. The molecule has 8 heteroatoms. The second kappa shape index (κ2) is 7.20. The molecule has 130 valence electrons. The van der Waals surface area contributed by atoms with Crippen LogP contribution >= 0.6 is 11.3 Å². The second-order valence-electron chi connectivity index (χ2n) is 5.81. The van der Waals surface area contributed by atoms with E-state index in [1.165, 1.54) is 0 Å². The molecule has 25 heavy (non-hydrogen) atoms. The van der Waals surface area contributed by atoms with E-state index in [0.717, 1.165) is 42.6 Å². The SMILES string of the molecule is COc1ccc(-c2nnc(CN3CCN(c4nccs4)CC3)o2)cc1. The number of hydrogen-bond donors (Lipinski definition) is 0. The summed E-state index contributed by atoms with van der Waals surface area (Å²) in [5.41, 5.74) is 0.896. The van der Waals surface area contributed by atoms with Crippen LogP contribution in [0, 0.1) is 0 Å². The summed E-state index contributed by atoms with van der Waals surface area (Å²) in [7, 11) is 1.65. The Balaban J connectivity index is 1.35. The van der Waals surface area contributed by atoms with Gasteiger partial charge in [-0.3, -0.25) is 4.90 Å². The standard InChI is InChI=1S/C17H19N5O2S/c1-23-14-4-2-13(3-5-14)16-20-19-15(24-16)12-21-7-9-22(10-8-21)17-18-6-11-25-17/h2-6,11H,7-10,12H2,1H3. The van der Waals surface area contributed by atoms with Crippen molar-refractivity contribution in [1.29, 1.82) is 0 Å². The van der Waals surface area contributed by atoms with Crippen LogP contribution in [0.2, 0.25) is 0 Å². The summed E-state index contributed by atoms with van der Waals surface area (Å²) in [6.07, 6.45) is 1.85. The van der Waals surface area contributed by atoms with Gasteiger partial charge in [0.15, 0.2) is 5.13 Å². The molecule has 7 nitrogen and oxygen atoms in total. The van der Waals surface area contributed by atoms with Gasteiger partial charge in [-0.1, -0.05) is 0 Å². The van der Waals surface area contributed by atoms with Crippen LogP contribution in [0.5, 0.6) is 5.75 Å². The number of aromatic nitrogens is 3. The average molecular weight is 357 g/mol. The van der Waals surface area contributed by atoms with E-state index in [9.17, 15) is 0 Å². The van der Waals surface area contributed by atoms with Gasteiger partial charge in [0.1, 0.15) is 5.75 Å². The van der Waals surface area contributed by atoms with Gasteiger partial charge in [-0.2, -0.15) is 0 Å². The van der Waals surface area contributed by atoms with Crippen LogP contribution in [0.15, 0.2) is 40.3 Å². The molecule has 2 aromatic heterocycles. The van der Waals surface area contributed by atoms with Crippen molar-refractivity contribution in [2.24, 2.45) is 0 Å². The molecule has 0 N–H and O–H groups in total. The van der Waals surface area contributed by atoms with E-state index in [0.29, 0.717) is 18.3 Å². The molecule has 1 saturated heterocycles. The van der Waals surface area contributed by atoms with E-state index in [2.05, 4.69) is 25.0 Å². The Bertz CT molecular complexity index is 795. The summed E-state index contributed by atoms with van der Waals surface area (Å²) < 4.78 is 11.0. The van der Waals surface area contributed by atoms with Gasteiger partial charge >= 0.3 is 0 Å². The van der Waals surface area contributed by atoms with Gasteiger partial charge in [0, 0.05) is 43.3 Å². The van der Waals surface area contributed by atoms with Crippen LogP contribution in [-0.4, -0.2) is 53.4 Å². The molecule has 0 bridgehead atoms. The van der Waals surface area contributed by atoms with Gasteiger partial charge in [0.2, 0.25) is 11.8 Å². The number of piperazine rings is 1. The van der Waals surface area contributed by atoms with Gasteiger partial charge in [0.05, 0.1) is 13.7 Å². The number of nitrogens with zero attached hydrogens (tertiary/aromatic N) is 5. The lowest BCUT2D eigenvalue weighted by atomic mass is 10.2. The minimum Gasteiger partial charge on any atom is -0.497 e. The Morgan fingerprint density at radius 2 is 1.92 bits per heavy atom. The molecule has 0 atom stereocenters. The molecule has 0 saturated carbocycles. The molecule has 1 aliphatic rings. The predicted molar refractivity (Wildman–Crippen MR) is 95.9 cm³/mol. The molecule has 0 spiro atoms. The molecular weight excluding hydrogens is 338 g/mol. The number of ether oxygens (including phenoxy) is 1. The highest BCUT2D eigenvalue weighted by Crippen LogP contribution is 2.22. The van der Waals surface area contributed by atoms with Crippen LogP contribution in [0.1, 0.15) is 5.89 Å². The fourth-order valence-corrected chi connectivity index (χ4v) is 3.53. The number of hydrogen-bond acceptors (Lipinski definition) is 8. The third-order valence-corrected chi connectivity index (χ3v) is 5.06. The van der Waals surface area contributed by atoms with Gasteiger partial charge < -0.3 is 14.1 Å². The highest BCUT2D eigenvalue weighted by atomic mass is 32.1. The van der Waals surface area contributed by atoms with Crippen molar-refractivity contribution >= 4 is 16.5 Å². The summed E-state index contributed by atoms with van der Waals surface area (Å²) in [6, 6.07) is 7.61. The Labute approximate surface area is 149 Å². The normalized spacial score (nSPS) is 15.5. The van der Waals surface area contributed by atoms with Crippen LogP contribution in [0.25, 0.3) is 11.5 Å². The largest absolute Gasteiger partial charge is 0.497 e. The van der Waals surface area contributed by atoms with Crippen LogP contribution < -0.4 is 9.64 Å². The maximum atomic E-state index is 5.82. The van der Waals surface area contributed by atoms with Crippen LogP contribution in [-0.2, 0) is 6.54 Å². The Hall–Kier alpha value is -2.45. The monoisotopic (exact) mass is 357 g/mol. The summed E-state index contributed by atoms with van der Waals surface area (Å²) in [5.74, 6) is 1.99. The first-order valence-electron chi connectivity index (χ1n) is 8.15. The molecule has 4 rings (SSSR count). The summed E-state index contributed by atoms with van der Waals surface area (Å²) in [4.78, 5) is 9.02. The molecule has 0 radical (unpaired) electrons. The zero-order valence-corrected chi connectivity index (χ0v) is 14.8. The zero-order chi connectivity index (χ0) is 17.1. The molecule has 0 amide bonds. The summed E-state index contributed by atoms with van der Waals surface area (Å²) in [5, 5.41) is 11.5. The highest BCUT2D eigenvalue weighted by Gasteiger charge is 2.20. The van der Waals surface area contributed by atoms with E-state index in [4.69, 9.17) is 9.15 Å². The van der Waals surface area contributed by atoms with Crippen molar-refractivity contribution in [3.05, 3.63) is 41.7 Å². The second-order valence-corrected chi connectivity index (χ2v) is 6.68. The lowest BCUT2D eigenvalue weighted by Gasteiger charge is -2.33. The Kier molecular flexibility index (Phi) is 4.62. The smallest absolute Gasteiger partial charge is 0.247 e. The maximum Gasteiger partial charge on any atom is 0.247 e. The van der Waals surface area contributed by atoms with E-state index in [1.54, 1.807) is 18.4 Å². The topological polar surface area (TPSA) is 67.5 Å². The molecule has 1 aliphatic heterocycles. The number of benzene rings is 1. The minimum atomic E-state index is 0.541. The van der Waals surface area contributed by atoms with Gasteiger partial charge in [-0.15, -0.1) is 21.5 Å². The predicted octanol–water partition coefficient (Wildman–Crippen LogP) is 2.52. The van der Waals surface area contributed by atoms with E-state index < -0.39 is 0 Å². The maximum absolute atomic E-state index is 5.82. The van der Waals surface area contributed by atoms with Gasteiger partial charge in [0.25, 0.3) is 0 Å². The summed E-state index contributed by atoms with van der Waals surface area (Å²) >= 11 is 1.68. The number of thiazole rings is 1. The third kappa shape index (κ3) is 3.64. The van der Waals surface area contributed by atoms with Crippen molar-refractivity contribution in [1.82, 2.24) is 20.1 Å². The van der Waals surface area contributed by atoms with E-state index in [1.807, 2.05) is 35.8 Å². The lowest BCUT2D eigenvalue weighted by molar-refractivity contribution is 0.227. The van der Waals surface area contributed by atoms with E-state index in [-0.39, 0.29) is 0 Å². The van der Waals surface area contributed by atoms with Crippen molar-refractivity contribution in [2.45, 2.75) is 6.54 Å². The Morgan fingerprint density at radius 3 is 2.60 bits per heavy atom. The van der Waals surface area contributed by atoms with Crippen molar-refractivity contribution < 1.29 is 9.15 Å². The average Bonchev–Trinajstić information content (AvgIpc) is 3.35.